The SMILES string of the molecule is COc1ccccc1-c1nnc(SCC(=O)NCCc2ccc(Cl)cc2)o1. The predicted octanol–water partition coefficient (Wildman–Crippen LogP) is 3.85. The molecule has 0 fully saturated rings. The van der Waals surface area contributed by atoms with Crippen molar-refractivity contribution < 1.29 is 13.9 Å². The number of carbonyl (C=O) groups excluding carboxylic acids is 1. The molecule has 0 aliphatic heterocycles. The topological polar surface area (TPSA) is 77.2 Å². The second kappa shape index (κ2) is 9.43. The number of halogens is 1. The van der Waals surface area contributed by atoms with Crippen molar-refractivity contribution in [1.82, 2.24) is 15.5 Å². The molecule has 3 aromatic rings. The summed E-state index contributed by atoms with van der Waals surface area (Å²) < 4.78 is 10.9. The van der Waals surface area contributed by atoms with E-state index in [4.69, 9.17) is 20.8 Å². The Hall–Kier alpha value is -2.51. The third kappa shape index (κ3) is 5.48. The summed E-state index contributed by atoms with van der Waals surface area (Å²) >= 11 is 7.05. The first kappa shape index (κ1) is 19.3. The summed E-state index contributed by atoms with van der Waals surface area (Å²) in [5, 5.41) is 11.9. The highest BCUT2D eigenvalue weighted by molar-refractivity contribution is 7.99. The number of amides is 1. The van der Waals surface area contributed by atoms with E-state index in [9.17, 15) is 4.79 Å². The summed E-state index contributed by atoms with van der Waals surface area (Å²) in [4.78, 5) is 12.0. The average molecular weight is 404 g/mol. The van der Waals surface area contributed by atoms with Gasteiger partial charge in [0, 0.05) is 11.6 Å². The largest absolute Gasteiger partial charge is 0.496 e. The molecule has 6 nitrogen and oxygen atoms in total. The van der Waals surface area contributed by atoms with Crippen LogP contribution in [0.5, 0.6) is 5.75 Å². The van der Waals surface area contributed by atoms with Crippen molar-refractivity contribution in [3.05, 3.63) is 59.1 Å². The van der Waals surface area contributed by atoms with E-state index in [-0.39, 0.29) is 11.7 Å². The van der Waals surface area contributed by atoms with Crippen LogP contribution >= 0.6 is 23.4 Å². The molecule has 0 atom stereocenters. The van der Waals surface area contributed by atoms with E-state index in [2.05, 4.69) is 15.5 Å². The molecule has 1 N–H and O–H groups in total. The van der Waals surface area contributed by atoms with E-state index in [1.54, 1.807) is 7.11 Å². The zero-order valence-electron chi connectivity index (χ0n) is 14.6. The van der Waals surface area contributed by atoms with E-state index in [1.165, 1.54) is 11.8 Å². The summed E-state index contributed by atoms with van der Waals surface area (Å²) in [6.45, 7) is 0.553. The number of aromatic nitrogens is 2. The number of methoxy groups -OCH3 is 1. The fourth-order valence-corrected chi connectivity index (χ4v) is 3.09. The fourth-order valence-electron chi connectivity index (χ4n) is 2.37. The quantitative estimate of drug-likeness (QED) is 0.575. The van der Waals surface area contributed by atoms with E-state index in [0.717, 1.165) is 12.0 Å². The van der Waals surface area contributed by atoms with Gasteiger partial charge in [-0.3, -0.25) is 4.79 Å². The molecule has 1 heterocycles. The lowest BCUT2D eigenvalue weighted by atomic mass is 10.1. The Bertz CT molecular complexity index is 899. The molecule has 0 unspecified atom stereocenters. The smallest absolute Gasteiger partial charge is 0.277 e. The van der Waals surface area contributed by atoms with Crippen molar-refractivity contribution in [2.24, 2.45) is 0 Å². The van der Waals surface area contributed by atoms with Crippen molar-refractivity contribution in [2.75, 3.05) is 19.4 Å². The number of hydrogen-bond donors (Lipinski definition) is 1. The number of ether oxygens (including phenoxy) is 1. The Kier molecular flexibility index (Phi) is 6.73. The van der Waals surface area contributed by atoms with E-state index in [1.807, 2.05) is 48.5 Å². The van der Waals surface area contributed by atoms with Crippen molar-refractivity contribution in [1.29, 1.82) is 0 Å². The number of para-hydroxylation sites is 1. The van der Waals surface area contributed by atoms with Crippen molar-refractivity contribution in [2.45, 2.75) is 11.6 Å². The van der Waals surface area contributed by atoms with Crippen molar-refractivity contribution in [3.8, 4) is 17.2 Å². The van der Waals surface area contributed by atoms with Gasteiger partial charge < -0.3 is 14.5 Å². The number of nitrogens with one attached hydrogen (secondary N) is 1. The molecule has 0 saturated carbocycles. The first-order valence-electron chi connectivity index (χ1n) is 8.26. The maximum absolute atomic E-state index is 12.0. The predicted molar refractivity (Wildman–Crippen MR) is 105 cm³/mol. The summed E-state index contributed by atoms with van der Waals surface area (Å²) in [6, 6.07) is 14.9. The van der Waals surface area contributed by atoms with Gasteiger partial charge in [-0.25, -0.2) is 0 Å². The number of thioether (sulfide) groups is 1. The van der Waals surface area contributed by atoms with Crippen molar-refractivity contribution >= 4 is 29.3 Å². The van der Waals surface area contributed by atoms with Crippen LogP contribution in [0.3, 0.4) is 0 Å². The molecule has 0 saturated heterocycles. The maximum atomic E-state index is 12.0. The molecule has 140 valence electrons. The number of nitrogens with zero attached hydrogens (tertiary/aromatic N) is 2. The molecule has 0 radical (unpaired) electrons. The standard InChI is InChI=1S/C19H18ClN3O3S/c1-25-16-5-3-2-4-15(16)18-22-23-19(26-18)27-12-17(24)21-11-10-13-6-8-14(20)9-7-13/h2-9H,10-12H2,1H3,(H,21,24). The molecule has 0 aliphatic rings. The number of rotatable bonds is 8. The molecule has 1 aromatic heterocycles. The van der Waals surface area contributed by atoms with Gasteiger partial charge >= 0.3 is 0 Å². The van der Waals surface area contributed by atoms with E-state index < -0.39 is 0 Å². The van der Waals surface area contributed by atoms with Gasteiger partial charge in [0.25, 0.3) is 11.1 Å². The zero-order valence-corrected chi connectivity index (χ0v) is 16.2. The molecule has 27 heavy (non-hydrogen) atoms. The lowest BCUT2D eigenvalue weighted by molar-refractivity contribution is -0.118. The lowest BCUT2D eigenvalue weighted by Crippen LogP contribution is -2.27. The monoisotopic (exact) mass is 403 g/mol. The summed E-state index contributed by atoms with van der Waals surface area (Å²) in [5.41, 5.74) is 1.83. The first-order chi connectivity index (χ1) is 13.2. The van der Waals surface area contributed by atoms with Gasteiger partial charge in [0.15, 0.2) is 0 Å². The minimum Gasteiger partial charge on any atom is -0.496 e. The molecule has 0 spiro atoms. The molecule has 0 bridgehead atoms. The van der Waals surface area contributed by atoms with Crippen LogP contribution in [-0.2, 0) is 11.2 Å². The number of benzene rings is 2. The minimum absolute atomic E-state index is 0.0917. The van der Waals surface area contributed by atoms with Crippen LogP contribution in [0.1, 0.15) is 5.56 Å². The summed E-state index contributed by atoms with van der Waals surface area (Å²) in [6.07, 6.45) is 0.742. The van der Waals surface area contributed by atoms with Gasteiger partial charge in [-0.05, 0) is 36.2 Å². The van der Waals surface area contributed by atoms with Gasteiger partial charge in [0.1, 0.15) is 5.75 Å². The van der Waals surface area contributed by atoms with E-state index in [0.29, 0.717) is 34.0 Å². The maximum Gasteiger partial charge on any atom is 0.277 e. The second-order valence-electron chi connectivity index (χ2n) is 5.59. The molecule has 8 heteroatoms. The Morgan fingerprint density at radius 3 is 2.74 bits per heavy atom. The van der Waals surface area contributed by atoms with Gasteiger partial charge in [0.05, 0.1) is 18.4 Å². The molecule has 0 aliphatic carbocycles. The van der Waals surface area contributed by atoms with Crippen LogP contribution in [0.4, 0.5) is 0 Å². The van der Waals surface area contributed by atoms with Crippen LogP contribution in [0.25, 0.3) is 11.5 Å². The highest BCUT2D eigenvalue weighted by Crippen LogP contribution is 2.30. The Labute approximate surface area is 166 Å². The van der Waals surface area contributed by atoms with Crippen molar-refractivity contribution in [3.63, 3.8) is 0 Å². The van der Waals surface area contributed by atoms with E-state index >= 15 is 0 Å². The Morgan fingerprint density at radius 1 is 1.19 bits per heavy atom. The molecular weight excluding hydrogens is 386 g/mol. The van der Waals surface area contributed by atoms with Crippen LogP contribution in [0.2, 0.25) is 5.02 Å². The normalized spacial score (nSPS) is 10.6. The molecule has 3 rings (SSSR count). The highest BCUT2D eigenvalue weighted by Gasteiger charge is 2.14. The second-order valence-corrected chi connectivity index (χ2v) is 6.95. The third-order valence-electron chi connectivity index (χ3n) is 3.72. The zero-order chi connectivity index (χ0) is 19.1. The van der Waals surface area contributed by atoms with Gasteiger partial charge in [-0.15, -0.1) is 10.2 Å². The van der Waals surface area contributed by atoms with Crippen LogP contribution in [0, 0.1) is 0 Å². The molecule has 2 aromatic carbocycles. The first-order valence-corrected chi connectivity index (χ1v) is 9.63. The van der Waals surface area contributed by atoms with Crippen LogP contribution in [-0.4, -0.2) is 35.5 Å². The Morgan fingerprint density at radius 2 is 1.96 bits per heavy atom. The number of carbonyl (C=O) groups is 1. The molecule has 1 amide bonds. The minimum atomic E-state index is -0.0917. The van der Waals surface area contributed by atoms with Gasteiger partial charge in [0.2, 0.25) is 5.91 Å². The highest BCUT2D eigenvalue weighted by atomic mass is 35.5. The van der Waals surface area contributed by atoms with Gasteiger partial charge in [-0.2, -0.15) is 0 Å². The van der Waals surface area contributed by atoms with Crippen LogP contribution in [0.15, 0.2) is 58.2 Å². The molecular formula is C19H18ClN3O3S. The van der Waals surface area contributed by atoms with Crippen LogP contribution < -0.4 is 10.1 Å². The third-order valence-corrected chi connectivity index (χ3v) is 4.79. The fraction of sp³-hybridized carbons (Fsp3) is 0.211. The lowest BCUT2D eigenvalue weighted by Gasteiger charge is -2.04. The summed E-state index contributed by atoms with van der Waals surface area (Å²) in [5.74, 6) is 1.12. The summed E-state index contributed by atoms with van der Waals surface area (Å²) in [7, 11) is 1.58. The number of hydrogen-bond acceptors (Lipinski definition) is 6. The average Bonchev–Trinajstić information content (AvgIpc) is 3.17. The Balaban J connectivity index is 1.46. The van der Waals surface area contributed by atoms with Gasteiger partial charge in [-0.1, -0.05) is 47.6 Å².